The molecule has 1 saturated heterocycles. The van der Waals surface area contributed by atoms with Gasteiger partial charge >= 0.3 is 12.0 Å². The summed E-state index contributed by atoms with van der Waals surface area (Å²) in [4.78, 5) is 38.7. The smallest absolute Gasteiger partial charge is 0.335 e. The van der Waals surface area contributed by atoms with Crippen LogP contribution in [0.5, 0.6) is 5.75 Å². The number of nitrogens with zero attached hydrogens (tertiary/aromatic N) is 1. The van der Waals surface area contributed by atoms with E-state index < -0.39 is 23.6 Å². The van der Waals surface area contributed by atoms with Crippen LogP contribution < -0.4 is 10.1 Å². The van der Waals surface area contributed by atoms with Crippen LogP contribution in [0.15, 0.2) is 48.5 Å². The molecule has 1 fully saturated rings. The van der Waals surface area contributed by atoms with Crippen molar-refractivity contribution in [2.75, 3.05) is 0 Å². The lowest BCUT2D eigenvalue weighted by atomic mass is 9.72. The van der Waals surface area contributed by atoms with Gasteiger partial charge in [0.2, 0.25) is 5.91 Å². The lowest BCUT2D eigenvalue weighted by molar-refractivity contribution is -0.191. The number of imide groups is 1. The highest BCUT2D eigenvalue weighted by Crippen LogP contribution is 2.46. The monoisotopic (exact) mass is 452 g/mol. The number of hydrogen-bond donors (Lipinski definition) is 2. The number of nitrogens with one attached hydrogen (secondary N) is 1. The number of β-lactam (4-membered cyclic amide) rings is 1. The summed E-state index contributed by atoms with van der Waals surface area (Å²) in [6, 6.07) is 13.3. The predicted molar refractivity (Wildman–Crippen MR) is 125 cm³/mol. The molecular weight excluding hydrogens is 420 g/mol. The highest BCUT2D eigenvalue weighted by Gasteiger charge is 2.63. The highest BCUT2D eigenvalue weighted by molar-refractivity contribution is 6.03. The number of benzene rings is 2. The van der Waals surface area contributed by atoms with Gasteiger partial charge in [0.1, 0.15) is 11.2 Å². The molecule has 2 atom stereocenters. The van der Waals surface area contributed by atoms with E-state index in [4.69, 9.17) is 9.84 Å². The molecule has 0 bridgehead atoms. The molecule has 176 valence electrons. The van der Waals surface area contributed by atoms with E-state index in [1.165, 1.54) is 12.1 Å². The summed E-state index contributed by atoms with van der Waals surface area (Å²) in [5.74, 6) is -0.877. The quantitative estimate of drug-likeness (QED) is 0.504. The fraction of sp³-hybridized carbons (Fsp3) is 0.423. The van der Waals surface area contributed by atoms with Gasteiger partial charge in [-0.1, -0.05) is 57.0 Å². The maximum atomic E-state index is 13.3. The van der Waals surface area contributed by atoms with E-state index in [2.05, 4.69) is 5.32 Å². The van der Waals surface area contributed by atoms with Gasteiger partial charge in [0, 0.05) is 0 Å². The average molecular weight is 453 g/mol. The van der Waals surface area contributed by atoms with Crippen LogP contribution in [0.2, 0.25) is 0 Å². The number of rotatable bonds is 9. The van der Waals surface area contributed by atoms with Crippen LogP contribution in [0.1, 0.15) is 74.0 Å². The standard InChI is InChI=1S/C26H32N2O5/c1-5-8-21(18-11-9-17(4)10-12-18)27-25(32)28-23(31)26(6-2,7-3)24(28)33-20-15-13-19(14-16-20)22(29)30/h9-16,21,24H,5-8H2,1-4H3,(H,27,32)(H,29,30)/t21-,24-/m0/s1. The molecule has 2 aromatic carbocycles. The van der Waals surface area contributed by atoms with E-state index in [9.17, 15) is 14.4 Å². The molecule has 3 rings (SSSR count). The minimum Gasteiger partial charge on any atom is -0.478 e. The maximum absolute atomic E-state index is 13.3. The van der Waals surface area contributed by atoms with Gasteiger partial charge in [-0.25, -0.2) is 14.5 Å². The number of aryl methyl sites for hydroxylation is 1. The summed E-state index contributed by atoms with van der Waals surface area (Å²) in [5, 5.41) is 12.1. The first kappa shape index (κ1) is 24.3. The molecule has 7 heteroatoms. The largest absolute Gasteiger partial charge is 0.478 e. The molecule has 2 aromatic rings. The molecule has 1 aliphatic rings. The van der Waals surface area contributed by atoms with Gasteiger partial charge in [-0.2, -0.15) is 0 Å². The number of ether oxygens (including phenoxy) is 1. The van der Waals surface area contributed by atoms with Gasteiger partial charge in [0.05, 0.1) is 11.6 Å². The van der Waals surface area contributed by atoms with Crippen molar-refractivity contribution < 1.29 is 24.2 Å². The van der Waals surface area contributed by atoms with Crippen LogP contribution in [-0.4, -0.2) is 34.1 Å². The van der Waals surface area contributed by atoms with Crippen LogP contribution in [0.25, 0.3) is 0 Å². The number of carbonyl (C=O) groups is 3. The molecule has 3 amide bonds. The van der Waals surface area contributed by atoms with E-state index in [0.29, 0.717) is 18.6 Å². The fourth-order valence-corrected chi connectivity index (χ4v) is 4.33. The van der Waals surface area contributed by atoms with Crippen molar-refractivity contribution in [1.29, 1.82) is 0 Å². The third-order valence-electron chi connectivity index (χ3n) is 6.54. The topological polar surface area (TPSA) is 95.9 Å². The molecule has 2 N–H and O–H groups in total. The second-order valence-electron chi connectivity index (χ2n) is 8.54. The highest BCUT2D eigenvalue weighted by atomic mass is 16.5. The van der Waals surface area contributed by atoms with Crippen molar-refractivity contribution in [2.45, 2.75) is 65.6 Å². The van der Waals surface area contributed by atoms with Gasteiger partial charge in [-0.3, -0.25) is 4.79 Å². The number of amides is 3. The zero-order chi connectivity index (χ0) is 24.2. The number of likely N-dealkylation sites (tertiary alicyclic amines) is 1. The maximum Gasteiger partial charge on any atom is 0.335 e. The molecule has 0 radical (unpaired) electrons. The van der Waals surface area contributed by atoms with Crippen molar-refractivity contribution in [3.8, 4) is 5.75 Å². The van der Waals surface area contributed by atoms with Crippen LogP contribution >= 0.6 is 0 Å². The van der Waals surface area contributed by atoms with Gasteiger partial charge < -0.3 is 15.2 Å². The second-order valence-corrected chi connectivity index (χ2v) is 8.54. The van der Waals surface area contributed by atoms with Gasteiger partial charge in [-0.05, 0) is 56.0 Å². The van der Waals surface area contributed by atoms with Gasteiger partial charge in [0.25, 0.3) is 0 Å². The Morgan fingerprint density at radius 3 is 2.18 bits per heavy atom. The van der Waals surface area contributed by atoms with Crippen LogP contribution in [0.4, 0.5) is 4.79 Å². The number of urea groups is 1. The normalized spacial score (nSPS) is 17.8. The number of carbonyl (C=O) groups excluding carboxylic acids is 2. The van der Waals surface area contributed by atoms with Crippen molar-refractivity contribution in [3.63, 3.8) is 0 Å². The van der Waals surface area contributed by atoms with Crippen LogP contribution in [0, 0.1) is 12.3 Å². The lowest BCUT2D eigenvalue weighted by Crippen LogP contribution is -2.73. The number of aromatic carboxylic acids is 1. The Morgan fingerprint density at radius 2 is 1.67 bits per heavy atom. The van der Waals surface area contributed by atoms with Crippen molar-refractivity contribution >= 4 is 17.9 Å². The Labute approximate surface area is 194 Å². The van der Waals surface area contributed by atoms with E-state index in [-0.39, 0.29) is 17.5 Å². The summed E-state index contributed by atoms with van der Waals surface area (Å²) in [7, 11) is 0. The van der Waals surface area contributed by atoms with Crippen molar-refractivity contribution in [1.82, 2.24) is 10.2 Å². The van der Waals surface area contributed by atoms with Gasteiger partial charge in [-0.15, -0.1) is 0 Å². The minimum absolute atomic E-state index is 0.138. The average Bonchev–Trinajstić information content (AvgIpc) is 2.80. The second kappa shape index (κ2) is 10.1. The molecule has 0 aliphatic carbocycles. The first-order valence-electron chi connectivity index (χ1n) is 11.5. The molecule has 0 spiro atoms. The molecule has 1 aliphatic heterocycles. The van der Waals surface area contributed by atoms with E-state index >= 15 is 0 Å². The molecule has 0 saturated carbocycles. The molecule has 33 heavy (non-hydrogen) atoms. The Balaban J connectivity index is 1.83. The Kier molecular flexibility index (Phi) is 7.41. The molecule has 7 nitrogen and oxygen atoms in total. The SMILES string of the molecule is CCC[C@H](NC(=O)N1C(=O)C(CC)(CC)[C@@H]1Oc1ccc(C(=O)O)cc1)c1ccc(C)cc1. The summed E-state index contributed by atoms with van der Waals surface area (Å²) in [6.07, 6.45) is 1.90. The third-order valence-corrected chi connectivity index (χ3v) is 6.54. The number of carboxylic acid groups (broad SMARTS) is 1. The predicted octanol–water partition coefficient (Wildman–Crippen LogP) is 5.30. The van der Waals surface area contributed by atoms with E-state index in [0.717, 1.165) is 28.9 Å². The Hall–Kier alpha value is -3.35. The van der Waals surface area contributed by atoms with Crippen LogP contribution in [-0.2, 0) is 4.79 Å². The summed E-state index contributed by atoms with van der Waals surface area (Å²) < 4.78 is 6.10. The first-order valence-corrected chi connectivity index (χ1v) is 11.5. The van der Waals surface area contributed by atoms with E-state index in [1.807, 2.05) is 52.0 Å². The lowest BCUT2D eigenvalue weighted by Gasteiger charge is -2.53. The Bertz CT molecular complexity index is 996. The van der Waals surface area contributed by atoms with Crippen LogP contribution in [0.3, 0.4) is 0 Å². The molecular formula is C26H32N2O5. The summed E-state index contributed by atoms with van der Waals surface area (Å²) in [5.41, 5.74) is 1.46. The van der Waals surface area contributed by atoms with Gasteiger partial charge in [0.15, 0.2) is 6.23 Å². The number of carboxylic acids is 1. The fourth-order valence-electron chi connectivity index (χ4n) is 4.33. The molecule has 0 aromatic heterocycles. The third kappa shape index (κ3) is 4.72. The number of hydrogen-bond acceptors (Lipinski definition) is 4. The zero-order valence-corrected chi connectivity index (χ0v) is 19.6. The summed E-state index contributed by atoms with van der Waals surface area (Å²) >= 11 is 0. The molecule has 0 unspecified atom stereocenters. The van der Waals surface area contributed by atoms with E-state index in [1.54, 1.807) is 12.1 Å². The minimum atomic E-state index is -1.03. The Morgan fingerprint density at radius 1 is 1.06 bits per heavy atom. The van der Waals surface area contributed by atoms with Crippen molar-refractivity contribution in [2.24, 2.45) is 5.41 Å². The first-order chi connectivity index (χ1) is 15.8. The zero-order valence-electron chi connectivity index (χ0n) is 19.6. The molecule has 1 heterocycles. The summed E-state index contributed by atoms with van der Waals surface area (Å²) in [6.45, 7) is 7.88. The van der Waals surface area contributed by atoms with Crippen molar-refractivity contribution in [3.05, 3.63) is 65.2 Å².